The Bertz CT molecular complexity index is 330. The molecule has 0 unspecified atom stereocenters. The SMILES string of the molecule is O=C(COCCOc1ccccc1)C1CC1. The van der Waals surface area contributed by atoms with Crippen LogP contribution >= 0.6 is 0 Å². The smallest absolute Gasteiger partial charge is 0.161 e. The number of Topliss-reactive ketones (excluding diaryl/α,β-unsaturated/α-hetero) is 1. The number of ketones is 1. The van der Waals surface area contributed by atoms with Gasteiger partial charge in [0.15, 0.2) is 5.78 Å². The van der Waals surface area contributed by atoms with Crippen molar-refractivity contribution in [1.29, 1.82) is 0 Å². The highest BCUT2D eigenvalue weighted by Crippen LogP contribution is 2.29. The van der Waals surface area contributed by atoms with E-state index in [4.69, 9.17) is 9.47 Å². The fourth-order valence-electron chi connectivity index (χ4n) is 1.43. The average molecular weight is 220 g/mol. The summed E-state index contributed by atoms with van der Waals surface area (Å²) < 4.78 is 10.7. The lowest BCUT2D eigenvalue weighted by Crippen LogP contribution is -2.14. The lowest BCUT2D eigenvalue weighted by atomic mass is 10.3. The molecule has 3 heteroatoms. The molecule has 1 aromatic carbocycles. The van der Waals surface area contributed by atoms with Gasteiger partial charge >= 0.3 is 0 Å². The van der Waals surface area contributed by atoms with Crippen LogP contribution in [0.5, 0.6) is 5.75 Å². The first-order chi connectivity index (χ1) is 7.86. The van der Waals surface area contributed by atoms with Crippen molar-refractivity contribution in [2.45, 2.75) is 12.8 Å². The van der Waals surface area contributed by atoms with Gasteiger partial charge in [-0.15, -0.1) is 0 Å². The lowest BCUT2D eigenvalue weighted by molar-refractivity contribution is -0.125. The highest BCUT2D eigenvalue weighted by Gasteiger charge is 2.28. The van der Waals surface area contributed by atoms with Crippen LogP contribution in [-0.4, -0.2) is 25.6 Å². The molecule has 0 heterocycles. The van der Waals surface area contributed by atoms with Gasteiger partial charge in [0.25, 0.3) is 0 Å². The van der Waals surface area contributed by atoms with Crippen molar-refractivity contribution in [3.8, 4) is 5.75 Å². The molecule has 0 radical (unpaired) electrons. The Labute approximate surface area is 95.4 Å². The summed E-state index contributed by atoms with van der Waals surface area (Å²) in [7, 11) is 0. The third-order valence-corrected chi connectivity index (χ3v) is 2.52. The number of carbonyl (C=O) groups is 1. The van der Waals surface area contributed by atoms with Gasteiger partial charge < -0.3 is 9.47 Å². The zero-order valence-electron chi connectivity index (χ0n) is 9.22. The molecule has 0 atom stereocenters. The Kier molecular flexibility index (Phi) is 3.94. The molecule has 0 aliphatic heterocycles. The number of hydrogen-bond donors (Lipinski definition) is 0. The van der Waals surface area contributed by atoms with E-state index in [2.05, 4.69) is 0 Å². The number of carbonyl (C=O) groups excluding carboxylic acids is 1. The number of ether oxygens (including phenoxy) is 2. The van der Waals surface area contributed by atoms with Crippen LogP contribution in [0.2, 0.25) is 0 Å². The Morgan fingerprint density at radius 3 is 2.62 bits per heavy atom. The van der Waals surface area contributed by atoms with E-state index in [1.54, 1.807) is 0 Å². The van der Waals surface area contributed by atoms with Crippen molar-refractivity contribution in [3.63, 3.8) is 0 Å². The average Bonchev–Trinajstić information content (AvgIpc) is 3.13. The van der Waals surface area contributed by atoms with Crippen LogP contribution in [0.4, 0.5) is 0 Å². The maximum Gasteiger partial charge on any atom is 0.161 e. The summed E-state index contributed by atoms with van der Waals surface area (Å²) in [6.07, 6.45) is 2.09. The Hall–Kier alpha value is -1.35. The Balaban J connectivity index is 1.53. The van der Waals surface area contributed by atoms with Crippen LogP contribution in [0.25, 0.3) is 0 Å². The second kappa shape index (κ2) is 5.66. The number of para-hydroxylation sites is 1. The van der Waals surface area contributed by atoms with Crippen LogP contribution < -0.4 is 4.74 Å². The van der Waals surface area contributed by atoms with Crippen molar-refractivity contribution < 1.29 is 14.3 Å². The summed E-state index contributed by atoms with van der Waals surface area (Å²) in [5, 5.41) is 0. The summed E-state index contributed by atoms with van der Waals surface area (Å²) in [4.78, 5) is 11.3. The molecule has 1 aliphatic rings. The zero-order chi connectivity index (χ0) is 11.2. The van der Waals surface area contributed by atoms with Crippen LogP contribution in [0, 0.1) is 5.92 Å². The Morgan fingerprint density at radius 2 is 1.94 bits per heavy atom. The van der Waals surface area contributed by atoms with Crippen LogP contribution in [0.3, 0.4) is 0 Å². The first-order valence-corrected chi connectivity index (χ1v) is 5.64. The molecule has 0 N–H and O–H groups in total. The second-order valence-corrected chi connectivity index (χ2v) is 3.95. The van der Waals surface area contributed by atoms with E-state index >= 15 is 0 Å². The molecule has 0 amide bonds. The molecule has 3 nitrogen and oxygen atoms in total. The molecule has 0 spiro atoms. The van der Waals surface area contributed by atoms with Crippen molar-refractivity contribution in [3.05, 3.63) is 30.3 Å². The van der Waals surface area contributed by atoms with Gasteiger partial charge in [-0.2, -0.15) is 0 Å². The fraction of sp³-hybridized carbons (Fsp3) is 0.462. The number of benzene rings is 1. The minimum atomic E-state index is 0.236. The predicted molar refractivity (Wildman–Crippen MR) is 60.5 cm³/mol. The van der Waals surface area contributed by atoms with Gasteiger partial charge in [-0.25, -0.2) is 0 Å². The van der Waals surface area contributed by atoms with Crippen LogP contribution in [0.1, 0.15) is 12.8 Å². The molecule has 2 rings (SSSR count). The minimum Gasteiger partial charge on any atom is -0.491 e. The van der Waals surface area contributed by atoms with E-state index in [-0.39, 0.29) is 18.3 Å². The summed E-state index contributed by atoms with van der Waals surface area (Å²) in [5.74, 6) is 1.36. The van der Waals surface area contributed by atoms with Gasteiger partial charge in [-0.3, -0.25) is 4.79 Å². The van der Waals surface area contributed by atoms with Gasteiger partial charge in [-0.05, 0) is 25.0 Å². The minimum absolute atomic E-state index is 0.236. The number of hydrogen-bond acceptors (Lipinski definition) is 3. The first-order valence-electron chi connectivity index (χ1n) is 5.64. The first kappa shape index (κ1) is 11.1. The molecular weight excluding hydrogens is 204 g/mol. The van der Waals surface area contributed by atoms with E-state index in [1.165, 1.54) is 0 Å². The normalized spacial score (nSPS) is 14.8. The Morgan fingerprint density at radius 1 is 1.19 bits per heavy atom. The molecule has 1 aliphatic carbocycles. The van der Waals surface area contributed by atoms with E-state index in [0.717, 1.165) is 18.6 Å². The molecule has 0 aromatic heterocycles. The van der Waals surface area contributed by atoms with Crippen molar-refractivity contribution in [2.75, 3.05) is 19.8 Å². The fourth-order valence-corrected chi connectivity index (χ4v) is 1.43. The highest BCUT2D eigenvalue weighted by atomic mass is 16.5. The molecule has 0 saturated heterocycles. The van der Waals surface area contributed by atoms with Gasteiger partial charge in [0.2, 0.25) is 0 Å². The third kappa shape index (κ3) is 3.66. The molecule has 1 fully saturated rings. The van der Waals surface area contributed by atoms with Gasteiger partial charge in [0.05, 0.1) is 6.61 Å². The zero-order valence-corrected chi connectivity index (χ0v) is 9.22. The maximum atomic E-state index is 11.3. The molecule has 86 valence electrons. The monoisotopic (exact) mass is 220 g/mol. The topological polar surface area (TPSA) is 35.5 Å². The van der Waals surface area contributed by atoms with Gasteiger partial charge in [0, 0.05) is 5.92 Å². The van der Waals surface area contributed by atoms with E-state index in [1.807, 2.05) is 30.3 Å². The van der Waals surface area contributed by atoms with Crippen LogP contribution in [-0.2, 0) is 9.53 Å². The van der Waals surface area contributed by atoms with Crippen molar-refractivity contribution >= 4 is 5.78 Å². The summed E-state index contributed by atoms with van der Waals surface area (Å²) in [5.41, 5.74) is 0. The van der Waals surface area contributed by atoms with Crippen molar-refractivity contribution in [2.24, 2.45) is 5.92 Å². The third-order valence-electron chi connectivity index (χ3n) is 2.52. The van der Waals surface area contributed by atoms with E-state index < -0.39 is 0 Å². The maximum absolute atomic E-state index is 11.3. The van der Waals surface area contributed by atoms with Gasteiger partial charge in [0.1, 0.15) is 19.0 Å². The van der Waals surface area contributed by atoms with E-state index in [9.17, 15) is 4.79 Å². The van der Waals surface area contributed by atoms with Crippen LogP contribution in [0.15, 0.2) is 30.3 Å². The van der Waals surface area contributed by atoms with Gasteiger partial charge in [-0.1, -0.05) is 18.2 Å². The highest BCUT2D eigenvalue weighted by molar-refractivity contribution is 5.84. The standard InChI is InChI=1S/C13H16O3/c14-13(11-6-7-11)10-15-8-9-16-12-4-2-1-3-5-12/h1-5,11H,6-10H2. The number of rotatable bonds is 7. The molecule has 1 aromatic rings. The summed E-state index contributed by atoms with van der Waals surface area (Å²) >= 11 is 0. The quantitative estimate of drug-likeness (QED) is 0.660. The second-order valence-electron chi connectivity index (χ2n) is 3.95. The summed E-state index contributed by atoms with van der Waals surface area (Å²) in [6.45, 7) is 1.19. The molecular formula is C13H16O3. The molecule has 1 saturated carbocycles. The van der Waals surface area contributed by atoms with Crippen molar-refractivity contribution in [1.82, 2.24) is 0 Å². The molecule has 0 bridgehead atoms. The molecule has 16 heavy (non-hydrogen) atoms. The predicted octanol–water partition coefficient (Wildman–Crippen LogP) is 2.06. The lowest BCUT2D eigenvalue weighted by Gasteiger charge is -2.06. The summed E-state index contributed by atoms with van der Waals surface area (Å²) in [6, 6.07) is 9.59. The van der Waals surface area contributed by atoms with E-state index in [0.29, 0.717) is 13.2 Å². The largest absolute Gasteiger partial charge is 0.491 e.